The van der Waals surface area contributed by atoms with Crippen LogP contribution in [0.15, 0.2) is 0 Å². The summed E-state index contributed by atoms with van der Waals surface area (Å²) in [5.41, 5.74) is 0.575. The van der Waals surface area contributed by atoms with Gasteiger partial charge in [-0.2, -0.15) is 0 Å². The predicted molar refractivity (Wildman–Crippen MR) is 70.3 cm³/mol. The van der Waals surface area contributed by atoms with Gasteiger partial charge in [-0.1, -0.05) is 27.7 Å². The summed E-state index contributed by atoms with van der Waals surface area (Å²) in [4.78, 5) is 0. The summed E-state index contributed by atoms with van der Waals surface area (Å²) in [5.74, 6) is 0.808. The Morgan fingerprint density at radius 2 is 1.53 bits per heavy atom. The Hall–Kier alpha value is -0.0400. The first kappa shape index (κ1) is 15.0. The quantitative estimate of drug-likeness (QED) is 0.662. The minimum atomic E-state index is 0.266. The Kier molecular flexibility index (Phi) is 5.87. The van der Waals surface area contributed by atoms with Crippen molar-refractivity contribution in [3.8, 4) is 0 Å². The SMILES string of the molecule is CCC(C)(C)NC(C)(CC)CCC(C)C. The molecule has 0 aliphatic carbocycles. The van der Waals surface area contributed by atoms with Crippen molar-refractivity contribution in [3.05, 3.63) is 0 Å². The molecule has 0 aromatic carbocycles. The summed E-state index contributed by atoms with van der Waals surface area (Å²) in [6.07, 6.45) is 5.00. The molecule has 0 aromatic heterocycles. The molecule has 0 aliphatic rings. The zero-order valence-corrected chi connectivity index (χ0v) is 11.9. The Balaban J connectivity index is 4.30. The fourth-order valence-corrected chi connectivity index (χ4v) is 1.84. The topological polar surface area (TPSA) is 12.0 Å². The van der Waals surface area contributed by atoms with E-state index in [1.807, 2.05) is 0 Å². The molecule has 0 aromatic rings. The van der Waals surface area contributed by atoms with Gasteiger partial charge in [0.25, 0.3) is 0 Å². The van der Waals surface area contributed by atoms with E-state index in [0.717, 1.165) is 5.92 Å². The lowest BCUT2D eigenvalue weighted by Crippen LogP contribution is -2.53. The molecule has 0 fully saturated rings. The van der Waals surface area contributed by atoms with Crippen LogP contribution in [0.5, 0.6) is 0 Å². The van der Waals surface area contributed by atoms with Crippen LogP contribution in [-0.2, 0) is 0 Å². The molecule has 0 bridgehead atoms. The first-order valence-electron chi connectivity index (χ1n) is 6.54. The number of rotatable bonds is 7. The van der Waals surface area contributed by atoms with Crippen LogP contribution in [0.3, 0.4) is 0 Å². The van der Waals surface area contributed by atoms with E-state index >= 15 is 0 Å². The van der Waals surface area contributed by atoms with Gasteiger partial charge in [0.05, 0.1) is 0 Å². The molecule has 0 aliphatic heterocycles. The van der Waals surface area contributed by atoms with E-state index in [1.54, 1.807) is 0 Å². The maximum Gasteiger partial charge on any atom is 0.0155 e. The third-order valence-corrected chi connectivity index (χ3v) is 3.58. The molecule has 1 unspecified atom stereocenters. The van der Waals surface area contributed by atoms with Crippen LogP contribution < -0.4 is 5.32 Å². The zero-order valence-electron chi connectivity index (χ0n) is 11.9. The van der Waals surface area contributed by atoms with Gasteiger partial charge in [-0.25, -0.2) is 0 Å². The highest BCUT2D eigenvalue weighted by Gasteiger charge is 2.28. The van der Waals surface area contributed by atoms with Gasteiger partial charge < -0.3 is 5.32 Å². The molecule has 92 valence electrons. The summed E-state index contributed by atoms with van der Waals surface area (Å²) in [5, 5.41) is 3.82. The molecular weight excluding hydrogens is 182 g/mol. The van der Waals surface area contributed by atoms with Gasteiger partial charge in [0.15, 0.2) is 0 Å². The lowest BCUT2D eigenvalue weighted by Gasteiger charge is -2.39. The highest BCUT2D eigenvalue weighted by molar-refractivity contribution is 4.89. The predicted octanol–water partition coefficient (Wildman–Crippen LogP) is 4.37. The molecule has 0 saturated carbocycles. The van der Waals surface area contributed by atoms with Crippen molar-refractivity contribution in [2.45, 2.75) is 85.2 Å². The molecule has 0 radical (unpaired) electrons. The Morgan fingerprint density at radius 3 is 1.87 bits per heavy atom. The lowest BCUT2D eigenvalue weighted by molar-refractivity contribution is 0.211. The summed E-state index contributed by atoms with van der Waals surface area (Å²) in [6.45, 7) is 16.1. The Bertz CT molecular complexity index is 172. The van der Waals surface area contributed by atoms with Crippen LogP contribution in [0.1, 0.15) is 74.1 Å². The van der Waals surface area contributed by atoms with Gasteiger partial charge in [0.1, 0.15) is 0 Å². The van der Waals surface area contributed by atoms with E-state index in [2.05, 4.69) is 53.8 Å². The largest absolute Gasteiger partial charge is 0.307 e. The van der Waals surface area contributed by atoms with E-state index in [9.17, 15) is 0 Å². The highest BCUT2D eigenvalue weighted by Crippen LogP contribution is 2.24. The van der Waals surface area contributed by atoms with Gasteiger partial charge in [-0.3, -0.25) is 0 Å². The van der Waals surface area contributed by atoms with Crippen LogP contribution in [0.2, 0.25) is 0 Å². The van der Waals surface area contributed by atoms with Crippen molar-refractivity contribution in [3.63, 3.8) is 0 Å². The van der Waals surface area contributed by atoms with Crippen LogP contribution in [0, 0.1) is 5.92 Å². The van der Waals surface area contributed by atoms with Crippen LogP contribution in [0.4, 0.5) is 0 Å². The monoisotopic (exact) mass is 213 g/mol. The molecular formula is C14H31N. The molecule has 1 heteroatoms. The number of nitrogens with one attached hydrogen (secondary N) is 1. The van der Waals surface area contributed by atoms with E-state index in [-0.39, 0.29) is 5.54 Å². The molecule has 0 amide bonds. The molecule has 0 heterocycles. The Morgan fingerprint density at radius 1 is 1.00 bits per heavy atom. The maximum atomic E-state index is 3.82. The average Bonchev–Trinajstić information content (AvgIpc) is 2.14. The second kappa shape index (κ2) is 5.89. The summed E-state index contributed by atoms with van der Waals surface area (Å²) in [7, 11) is 0. The van der Waals surface area contributed by atoms with Crippen molar-refractivity contribution in [2.24, 2.45) is 5.92 Å². The van der Waals surface area contributed by atoms with Crippen molar-refractivity contribution < 1.29 is 0 Å². The summed E-state index contributed by atoms with van der Waals surface area (Å²) < 4.78 is 0. The van der Waals surface area contributed by atoms with Crippen molar-refractivity contribution >= 4 is 0 Å². The Labute approximate surface area is 97.0 Å². The van der Waals surface area contributed by atoms with Gasteiger partial charge in [0.2, 0.25) is 0 Å². The minimum Gasteiger partial charge on any atom is -0.307 e. The van der Waals surface area contributed by atoms with E-state index in [4.69, 9.17) is 0 Å². The van der Waals surface area contributed by atoms with Gasteiger partial charge in [-0.15, -0.1) is 0 Å². The third kappa shape index (κ3) is 6.19. The molecule has 0 spiro atoms. The third-order valence-electron chi connectivity index (χ3n) is 3.58. The van der Waals surface area contributed by atoms with Crippen molar-refractivity contribution in [1.82, 2.24) is 5.32 Å². The molecule has 1 atom stereocenters. The smallest absolute Gasteiger partial charge is 0.0155 e. The molecule has 1 N–H and O–H groups in total. The standard InChI is InChI=1S/C14H31N/c1-8-13(5,6)15-14(7,9-2)11-10-12(3)4/h12,15H,8-11H2,1-7H3. The minimum absolute atomic E-state index is 0.266. The second-order valence-electron chi connectivity index (χ2n) is 6.21. The van der Waals surface area contributed by atoms with E-state index < -0.39 is 0 Å². The molecule has 1 nitrogen and oxygen atoms in total. The maximum absolute atomic E-state index is 3.82. The fourth-order valence-electron chi connectivity index (χ4n) is 1.84. The number of hydrogen-bond donors (Lipinski definition) is 1. The van der Waals surface area contributed by atoms with Crippen LogP contribution in [0.25, 0.3) is 0 Å². The van der Waals surface area contributed by atoms with Crippen molar-refractivity contribution in [2.75, 3.05) is 0 Å². The first-order valence-corrected chi connectivity index (χ1v) is 6.54. The number of hydrogen-bond acceptors (Lipinski definition) is 1. The molecule has 15 heavy (non-hydrogen) atoms. The normalized spacial score (nSPS) is 16.8. The second-order valence-corrected chi connectivity index (χ2v) is 6.21. The highest BCUT2D eigenvalue weighted by atomic mass is 15.0. The van der Waals surface area contributed by atoms with E-state index in [0.29, 0.717) is 5.54 Å². The summed E-state index contributed by atoms with van der Waals surface area (Å²) >= 11 is 0. The summed E-state index contributed by atoms with van der Waals surface area (Å²) in [6, 6.07) is 0. The zero-order chi connectivity index (χ0) is 12.1. The van der Waals surface area contributed by atoms with Gasteiger partial charge in [0, 0.05) is 11.1 Å². The van der Waals surface area contributed by atoms with Gasteiger partial charge >= 0.3 is 0 Å². The molecule has 0 saturated heterocycles. The molecule has 0 rings (SSSR count). The van der Waals surface area contributed by atoms with E-state index in [1.165, 1.54) is 25.7 Å². The lowest BCUT2D eigenvalue weighted by atomic mass is 9.86. The average molecular weight is 213 g/mol. The van der Waals surface area contributed by atoms with Crippen molar-refractivity contribution in [1.29, 1.82) is 0 Å². The van der Waals surface area contributed by atoms with Crippen LogP contribution in [-0.4, -0.2) is 11.1 Å². The first-order chi connectivity index (χ1) is 6.74. The van der Waals surface area contributed by atoms with Crippen LogP contribution >= 0.6 is 0 Å². The fraction of sp³-hybridized carbons (Fsp3) is 1.00. The van der Waals surface area contributed by atoms with Gasteiger partial charge in [-0.05, 0) is 52.4 Å².